The number of aromatic nitrogens is 1. The minimum atomic E-state index is -0.324. The maximum absolute atomic E-state index is 11.8. The molecule has 0 saturated carbocycles. The van der Waals surface area contributed by atoms with Gasteiger partial charge < -0.3 is 0 Å². The lowest BCUT2D eigenvalue weighted by Crippen LogP contribution is -2.41. The van der Waals surface area contributed by atoms with Crippen LogP contribution in [-0.2, 0) is 11.2 Å². The van der Waals surface area contributed by atoms with E-state index in [-0.39, 0.29) is 11.8 Å². The molecule has 24 heavy (non-hydrogen) atoms. The number of amides is 2. The average Bonchev–Trinajstić information content (AvgIpc) is 3.03. The van der Waals surface area contributed by atoms with Gasteiger partial charge in [-0.2, -0.15) is 0 Å². The van der Waals surface area contributed by atoms with E-state index in [1.54, 1.807) is 35.6 Å². The minimum Gasteiger partial charge on any atom is -0.273 e. The molecule has 0 bridgehead atoms. The second kappa shape index (κ2) is 7.70. The van der Waals surface area contributed by atoms with Crippen LogP contribution in [0.4, 0.5) is 0 Å². The van der Waals surface area contributed by atoms with E-state index in [1.807, 2.05) is 30.3 Å². The quantitative estimate of drug-likeness (QED) is 0.702. The first-order valence-corrected chi connectivity index (χ1v) is 8.53. The molecule has 0 fully saturated rings. The Morgan fingerprint density at radius 3 is 2.50 bits per heavy atom. The zero-order valence-corrected chi connectivity index (χ0v) is 13.8. The molecule has 3 aromatic rings. The van der Waals surface area contributed by atoms with Gasteiger partial charge in [0.2, 0.25) is 5.91 Å². The van der Waals surface area contributed by atoms with Crippen molar-refractivity contribution in [1.29, 1.82) is 0 Å². The standard InChI is InChI=1S/C18H17N3O2S/c22-16(20-21-18(23)13-7-2-1-3-8-13)11-6-12-17-19-14-9-4-5-10-15(14)24-17/h1-5,7-10H,6,11-12H2,(H,20,22)(H,21,23). The lowest BCUT2D eigenvalue weighted by Gasteiger charge is -2.06. The number of nitrogens with zero attached hydrogens (tertiary/aromatic N) is 1. The van der Waals surface area contributed by atoms with Crippen LogP contribution in [0.1, 0.15) is 28.2 Å². The number of carbonyl (C=O) groups is 2. The van der Waals surface area contributed by atoms with Gasteiger partial charge in [0.1, 0.15) is 0 Å². The van der Waals surface area contributed by atoms with Crippen LogP contribution < -0.4 is 10.9 Å². The van der Waals surface area contributed by atoms with Gasteiger partial charge in [-0.25, -0.2) is 4.98 Å². The Labute approximate surface area is 143 Å². The van der Waals surface area contributed by atoms with Crippen molar-refractivity contribution in [2.24, 2.45) is 0 Å². The van der Waals surface area contributed by atoms with Gasteiger partial charge in [0.25, 0.3) is 5.91 Å². The van der Waals surface area contributed by atoms with Crippen LogP contribution in [0.25, 0.3) is 10.2 Å². The Hall–Kier alpha value is -2.73. The van der Waals surface area contributed by atoms with Gasteiger partial charge in [0.15, 0.2) is 0 Å². The Morgan fingerprint density at radius 2 is 1.71 bits per heavy atom. The molecule has 0 radical (unpaired) electrons. The lowest BCUT2D eigenvalue weighted by atomic mass is 10.2. The summed E-state index contributed by atoms with van der Waals surface area (Å²) in [5, 5.41) is 1.03. The molecule has 2 amide bonds. The Bertz CT molecular complexity index is 813. The van der Waals surface area contributed by atoms with Crippen LogP contribution in [0.3, 0.4) is 0 Å². The smallest absolute Gasteiger partial charge is 0.269 e. The Morgan fingerprint density at radius 1 is 0.958 bits per heavy atom. The van der Waals surface area contributed by atoms with Crippen LogP contribution in [0, 0.1) is 0 Å². The van der Waals surface area contributed by atoms with E-state index in [0.29, 0.717) is 18.4 Å². The maximum atomic E-state index is 11.8. The maximum Gasteiger partial charge on any atom is 0.269 e. The summed E-state index contributed by atoms with van der Waals surface area (Å²) in [6.07, 6.45) is 1.78. The minimum absolute atomic E-state index is 0.208. The summed E-state index contributed by atoms with van der Waals surface area (Å²) in [6, 6.07) is 16.7. The summed E-state index contributed by atoms with van der Waals surface area (Å²) < 4.78 is 1.16. The number of nitrogens with one attached hydrogen (secondary N) is 2. The zero-order chi connectivity index (χ0) is 16.8. The highest BCUT2D eigenvalue weighted by molar-refractivity contribution is 7.18. The molecule has 0 unspecified atom stereocenters. The normalized spacial score (nSPS) is 10.5. The van der Waals surface area contributed by atoms with Gasteiger partial charge in [-0.05, 0) is 37.1 Å². The Balaban J connectivity index is 1.42. The summed E-state index contributed by atoms with van der Waals surface area (Å²) >= 11 is 1.65. The van der Waals surface area contributed by atoms with Crippen molar-refractivity contribution >= 4 is 33.4 Å². The predicted molar refractivity (Wildman–Crippen MR) is 94.6 cm³/mol. The molecule has 122 valence electrons. The molecular formula is C18H17N3O2S. The molecule has 1 aromatic heterocycles. The van der Waals surface area contributed by atoms with E-state index < -0.39 is 0 Å². The van der Waals surface area contributed by atoms with Gasteiger partial charge in [0.05, 0.1) is 15.2 Å². The van der Waals surface area contributed by atoms with Crippen molar-refractivity contribution in [3.63, 3.8) is 0 Å². The highest BCUT2D eigenvalue weighted by Crippen LogP contribution is 2.22. The number of fused-ring (bicyclic) bond motifs is 1. The number of hydrogen-bond acceptors (Lipinski definition) is 4. The lowest BCUT2D eigenvalue weighted by molar-refractivity contribution is -0.121. The number of hydrogen-bond donors (Lipinski definition) is 2. The third-order valence-electron chi connectivity index (χ3n) is 3.48. The van der Waals surface area contributed by atoms with E-state index in [2.05, 4.69) is 15.8 Å². The fraction of sp³-hybridized carbons (Fsp3) is 0.167. The second-order valence-corrected chi connectivity index (χ2v) is 6.41. The highest BCUT2D eigenvalue weighted by Gasteiger charge is 2.08. The summed E-state index contributed by atoms with van der Waals surface area (Å²) in [4.78, 5) is 28.1. The van der Waals surface area contributed by atoms with Gasteiger partial charge in [0, 0.05) is 12.0 Å². The Kier molecular flexibility index (Phi) is 5.18. The summed E-state index contributed by atoms with van der Waals surface area (Å²) in [5.74, 6) is -0.532. The van der Waals surface area contributed by atoms with Gasteiger partial charge >= 0.3 is 0 Å². The van der Waals surface area contributed by atoms with Crippen LogP contribution in [0.15, 0.2) is 54.6 Å². The van der Waals surface area contributed by atoms with Gasteiger partial charge in [-0.3, -0.25) is 20.4 Å². The van der Waals surface area contributed by atoms with E-state index in [9.17, 15) is 9.59 Å². The molecule has 3 rings (SSSR count). The molecular weight excluding hydrogens is 322 g/mol. The van der Waals surface area contributed by atoms with Crippen LogP contribution in [-0.4, -0.2) is 16.8 Å². The molecule has 2 N–H and O–H groups in total. The molecule has 0 saturated heterocycles. The van der Waals surface area contributed by atoms with Crippen LogP contribution in [0.5, 0.6) is 0 Å². The topological polar surface area (TPSA) is 71.1 Å². The fourth-order valence-corrected chi connectivity index (χ4v) is 3.29. The van der Waals surface area contributed by atoms with Gasteiger partial charge in [-0.15, -0.1) is 11.3 Å². The van der Waals surface area contributed by atoms with Crippen molar-refractivity contribution in [2.45, 2.75) is 19.3 Å². The van der Waals surface area contributed by atoms with E-state index in [0.717, 1.165) is 21.6 Å². The number of rotatable bonds is 5. The molecule has 1 heterocycles. The third kappa shape index (κ3) is 4.17. The van der Waals surface area contributed by atoms with Crippen molar-refractivity contribution in [2.75, 3.05) is 0 Å². The largest absolute Gasteiger partial charge is 0.273 e. The zero-order valence-electron chi connectivity index (χ0n) is 13.0. The summed E-state index contributed by atoms with van der Waals surface area (Å²) in [7, 11) is 0. The fourth-order valence-electron chi connectivity index (χ4n) is 2.28. The first-order valence-electron chi connectivity index (χ1n) is 7.71. The van der Waals surface area contributed by atoms with E-state index >= 15 is 0 Å². The molecule has 0 aliphatic rings. The number of aryl methyl sites for hydroxylation is 1. The molecule has 0 atom stereocenters. The number of carbonyl (C=O) groups excluding carboxylic acids is 2. The van der Waals surface area contributed by atoms with Crippen molar-refractivity contribution in [3.8, 4) is 0 Å². The second-order valence-electron chi connectivity index (χ2n) is 5.30. The van der Waals surface area contributed by atoms with Gasteiger partial charge in [-0.1, -0.05) is 30.3 Å². The monoisotopic (exact) mass is 339 g/mol. The third-order valence-corrected chi connectivity index (χ3v) is 4.58. The number of para-hydroxylation sites is 1. The van der Waals surface area contributed by atoms with Crippen molar-refractivity contribution < 1.29 is 9.59 Å². The number of hydrazine groups is 1. The van der Waals surface area contributed by atoms with E-state index in [1.165, 1.54) is 0 Å². The molecule has 2 aromatic carbocycles. The first-order chi connectivity index (χ1) is 11.7. The SMILES string of the molecule is O=C(CCCc1nc2ccccc2s1)NNC(=O)c1ccccc1. The molecule has 6 heteroatoms. The highest BCUT2D eigenvalue weighted by atomic mass is 32.1. The molecule has 0 aliphatic heterocycles. The molecule has 0 aliphatic carbocycles. The molecule has 0 spiro atoms. The summed E-state index contributed by atoms with van der Waals surface area (Å²) in [6.45, 7) is 0. The average molecular weight is 339 g/mol. The number of thiazole rings is 1. The van der Waals surface area contributed by atoms with E-state index in [4.69, 9.17) is 0 Å². The molecule has 5 nitrogen and oxygen atoms in total. The first kappa shape index (κ1) is 16.1. The van der Waals surface area contributed by atoms with Crippen LogP contribution in [0.2, 0.25) is 0 Å². The number of benzene rings is 2. The summed E-state index contributed by atoms with van der Waals surface area (Å²) in [5.41, 5.74) is 6.36. The van der Waals surface area contributed by atoms with Crippen LogP contribution >= 0.6 is 11.3 Å². The van der Waals surface area contributed by atoms with Crippen molar-refractivity contribution in [1.82, 2.24) is 15.8 Å². The predicted octanol–water partition coefficient (Wildman–Crippen LogP) is 3.08. The van der Waals surface area contributed by atoms with Crippen molar-refractivity contribution in [3.05, 3.63) is 65.2 Å².